The zero-order valence-corrected chi connectivity index (χ0v) is 11.3. The van der Waals surface area contributed by atoms with Gasteiger partial charge in [-0.15, -0.1) is 0 Å². The van der Waals surface area contributed by atoms with E-state index in [1.165, 1.54) is 0 Å². The SMILES string of the molecule is CCN(CC)C(O)C(CC)(CC)C(C)(N)O. The second-order valence-electron chi connectivity index (χ2n) is 4.61. The first-order valence-corrected chi connectivity index (χ1v) is 6.24. The average molecular weight is 232 g/mol. The van der Waals surface area contributed by atoms with Crippen LogP contribution in [0.15, 0.2) is 0 Å². The minimum absolute atomic E-state index is 0.644. The fourth-order valence-corrected chi connectivity index (χ4v) is 2.51. The molecule has 0 heterocycles. The number of hydrogen-bond donors (Lipinski definition) is 3. The van der Waals surface area contributed by atoms with Gasteiger partial charge in [0.15, 0.2) is 0 Å². The van der Waals surface area contributed by atoms with Crippen LogP contribution >= 0.6 is 0 Å². The summed E-state index contributed by atoms with van der Waals surface area (Å²) in [7, 11) is 0. The molecule has 0 aromatic rings. The van der Waals surface area contributed by atoms with Gasteiger partial charge in [0, 0.05) is 0 Å². The normalized spacial score (nSPS) is 18.6. The van der Waals surface area contributed by atoms with E-state index in [0.717, 1.165) is 13.1 Å². The number of aliphatic hydroxyl groups excluding tert-OH is 1. The Bertz CT molecular complexity index is 194. The lowest BCUT2D eigenvalue weighted by Crippen LogP contribution is -2.62. The Morgan fingerprint density at radius 1 is 1.12 bits per heavy atom. The van der Waals surface area contributed by atoms with E-state index in [9.17, 15) is 10.2 Å². The van der Waals surface area contributed by atoms with Crippen LogP contribution in [0.4, 0.5) is 0 Å². The van der Waals surface area contributed by atoms with Gasteiger partial charge in [-0.1, -0.05) is 27.7 Å². The van der Waals surface area contributed by atoms with Gasteiger partial charge in [-0.25, -0.2) is 0 Å². The molecule has 0 aliphatic heterocycles. The predicted octanol–water partition coefficient (Wildman–Crippen LogP) is 1.12. The Kier molecular flexibility index (Phi) is 5.90. The van der Waals surface area contributed by atoms with Crippen LogP contribution in [-0.2, 0) is 0 Å². The largest absolute Gasteiger partial charge is 0.378 e. The number of hydrogen-bond acceptors (Lipinski definition) is 4. The average Bonchev–Trinajstić information content (AvgIpc) is 2.20. The molecule has 0 aromatic carbocycles. The second kappa shape index (κ2) is 5.96. The van der Waals surface area contributed by atoms with Crippen LogP contribution < -0.4 is 5.73 Å². The molecule has 0 radical (unpaired) electrons. The highest BCUT2D eigenvalue weighted by Gasteiger charge is 2.49. The minimum Gasteiger partial charge on any atom is -0.378 e. The molecule has 4 N–H and O–H groups in total. The highest BCUT2D eigenvalue weighted by Crippen LogP contribution is 2.40. The molecular weight excluding hydrogens is 204 g/mol. The summed E-state index contributed by atoms with van der Waals surface area (Å²) in [5.74, 6) is 0. The number of nitrogens with zero attached hydrogens (tertiary/aromatic N) is 1. The van der Waals surface area contributed by atoms with Gasteiger partial charge >= 0.3 is 0 Å². The maximum Gasteiger partial charge on any atom is 0.120 e. The van der Waals surface area contributed by atoms with Gasteiger partial charge in [-0.3, -0.25) is 4.90 Å². The molecule has 98 valence electrons. The summed E-state index contributed by atoms with van der Waals surface area (Å²) in [5, 5.41) is 20.6. The topological polar surface area (TPSA) is 69.7 Å². The van der Waals surface area contributed by atoms with Gasteiger partial charge < -0.3 is 15.9 Å². The van der Waals surface area contributed by atoms with Crippen LogP contribution in [0.25, 0.3) is 0 Å². The van der Waals surface area contributed by atoms with Gasteiger partial charge in [-0.05, 0) is 32.9 Å². The van der Waals surface area contributed by atoms with E-state index >= 15 is 0 Å². The molecule has 16 heavy (non-hydrogen) atoms. The maximum absolute atomic E-state index is 10.4. The van der Waals surface area contributed by atoms with E-state index in [2.05, 4.69) is 0 Å². The molecular formula is C12H28N2O2. The molecule has 0 aliphatic rings. The van der Waals surface area contributed by atoms with Crippen LogP contribution in [0.2, 0.25) is 0 Å². The van der Waals surface area contributed by atoms with E-state index in [1.807, 2.05) is 32.6 Å². The van der Waals surface area contributed by atoms with Crippen molar-refractivity contribution in [2.24, 2.45) is 11.1 Å². The summed E-state index contributed by atoms with van der Waals surface area (Å²) in [4.78, 5) is 1.92. The van der Waals surface area contributed by atoms with Gasteiger partial charge in [-0.2, -0.15) is 0 Å². The lowest BCUT2D eigenvalue weighted by molar-refractivity contribution is -0.186. The van der Waals surface area contributed by atoms with E-state index < -0.39 is 17.4 Å². The number of nitrogens with two attached hydrogens (primary N) is 1. The van der Waals surface area contributed by atoms with Gasteiger partial charge in [0.25, 0.3) is 0 Å². The monoisotopic (exact) mass is 232 g/mol. The molecule has 2 atom stereocenters. The maximum atomic E-state index is 10.4. The summed E-state index contributed by atoms with van der Waals surface area (Å²) in [6, 6.07) is 0. The van der Waals surface area contributed by atoms with Crippen LogP contribution in [0, 0.1) is 5.41 Å². The van der Waals surface area contributed by atoms with E-state index in [4.69, 9.17) is 5.73 Å². The smallest absolute Gasteiger partial charge is 0.120 e. The van der Waals surface area contributed by atoms with E-state index in [-0.39, 0.29) is 0 Å². The summed E-state index contributed by atoms with van der Waals surface area (Å²) in [5.41, 5.74) is 3.79. The standard InChI is InChI=1S/C12H28N2O2/c1-6-12(7-2,11(5,13)16)10(15)14(8-3)9-4/h10,15-16H,6-9,13H2,1-5H3. The van der Waals surface area contributed by atoms with Gasteiger partial charge in [0.05, 0.1) is 5.41 Å². The molecule has 0 spiro atoms. The Morgan fingerprint density at radius 3 is 1.69 bits per heavy atom. The molecule has 0 aromatic heterocycles. The first-order valence-electron chi connectivity index (χ1n) is 6.24. The van der Waals surface area contributed by atoms with Crippen LogP contribution in [0.5, 0.6) is 0 Å². The fourth-order valence-electron chi connectivity index (χ4n) is 2.51. The van der Waals surface area contributed by atoms with Crippen LogP contribution in [0.3, 0.4) is 0 Å². The molecule has 0 rings (SSSR count). The van der Waals surface area contributed by atoms with Gasteiger partial charge in [0.1, 0.15) is 12.0 Å². The molecule has 4 nitrogen and oxygen atoms in total. The molecule has 0 fully saturated rings. The highest BCUT2D eigenvalue weighted by atomic mass is 16.3. The lowest BCUT2D eigenvalue weighted by atomic mass is 9.71. The fraction of sp³-hybridized carbons (Fsp3) is 1.00. The Labute approximate surface area is 99.4 Å². The first-order chi connectivity index (χ1) is 7.30. The van der Waals surface area contributed by atoms with Crippen molar-refractivity contribution in [2.45, 2.75) is 59.4 Å². The Morgan fingerprint density at radius 2 is 1.50 bits per heavy atom. The molecule has 0 amide bonds. The molecule has 2 unspecified atom stereocenters. The summed E-state index contributed by atoms with van der Waals surface area (Å²) in [6.07, 6.45) is 0.576. The molecule has 0 saturated carbocycles. The summed E-state index contributed by atoms with van der Waals surface area (Å²) in [6.45, 7) is 11.0. The third-order valence-electron chi connectivity index (χ3n) is 3.92. The van der Waals surface area contributed by atoms with Crippen molar-refractivity contribution in [2.75, 3.05) is 13.1 Å². The summed E-state index contributed by atoms with van der Waals surface area (Å²) < 4.78 is 0. The Hall–Kier alpha value is -0.160. The summed E-state index contributed by atoms with van der Waals surface area (Å²) >= 11 is 0. The van der Waals surface area contributed by atoms with E-state index in [1.54, 1.807) is 6.92 Å². The lowest BCUT2D eigenvalue weighted by Gasteiger charge is -2.48. The van der Waals surface area contributed by atoms with Crippen molar-refractivity contribution < 1.29 is 10.2 Å². The van der Waals surface area contributed by atoms with Crippen LogP contribution in [0.1, 0.15) is 47.5 Å². The van der Waals surface area contributed by atoms with Crippen molar-refractivity contribution in [3.05, 3.63) is 0 Å². The van der Waals surface area contributed by atoms with Crippen molar-refractivity contribution in [1.29, 1.82) is 0 Å². The van der Waals surface area contributed by atoms with Gasteiger partial charge in [0.2, 0.25) is 0 Å². The second-order valence-corrected chi connectivity index (χ2v) is 4.61. The van der Waals surface area contributed by atoms with Crippen molar-refractivity contribution in [1.82, 2.24) is 4.90 Å². The zero-order valence-electron chi connectivity index (χ0n) is 11.3. The van der Waals surface area contributed by atoms with Crippen LogP contribution in [-0.4, -0.2) is 40.2 Å². The first kappa shape index (κ1) is 15.8. The number of aliphatic hydroxyl groups is 2. The number of rotatable bonds is 7. The van der Waals surface area contributed by atoms with Crippen molar-refractivity contribution >= 4 is 0 Å². The Balaban J connectivity index is 5.18. The molecule has 0 bridgehead atoms. The predicted molar refractivity (Wildman–Crippen MR) is 66.8 cm³/mol. The zero-order chi connectivity index (χ0) is 13.0. The quantitative estimate of drug-likeness (QED) is 0.575. The minimum atomic E-state index is -1.38. The molecule has 0 aliphatic carbocycles. The van der Waals surface area contributed by atoms with E-state index in [0.29, 0.717) is 12.8 Å². The molecule has 4 heteroatoms. The van der Waals surface area contributed by atoms with Crippen molar-refractivity contribution in [3.8, 4) is 0 Å². The molecule has 0 saturated heterocycles. The third-order valence-corrected chi connectivity index (χ3v) is 3.92. The third kappa shape index (κ3) is 2.74. The highest BCUT2D eigenvalue weighted by molar-refractivity contribution is 4.95. The van der Waals surface area contributed by atoms with Crippen molar-refractivity contribution in [3.63, 3.8) is 0 Å².